The van der Waals surface area contributed by atoms with Gasteiger partial charge >= 0.3 is 6.03 Å². The summed E-state index contributed by atoms with van der Waals surface area (Å²) in [6.07, 6.45) is 0. The summed E-state index contributed by atoms with van der Waals surface area (Å²) in [5.74, 6) is -0.313. The lowest BCUT2D eigenvalue weighted by Crippen LogP contribution is -2.43. The maximum atomic E-state index is 13.3. The van der Waals surface area contributed by atoms with Gasteiger partial charge in [0.25, 0.3) is 0 Å². The first kappa shape index (κ1) is 18.4. The smallest absolute Gasteiger partial charge is 0.323 e. The van der Waals surface area contributed by atoms with Crippen molar-refractivity contribution in [2.75, 3.05) is 25.0 Å². The fourth-order valence-electron chi connectivity index (χ4n) is 2.19. The Bertz CT molecular complexity index is 701. The number of hydrogen-bond acceptors (Lipinski definition) is 4. The van der Waals surface area contributed by atoms with Gasteiger partial charge in [-0.25, -0.2) is 14.2 Å². The van der Waals surface area contributed by atoms with Crippen LogP contribution in [0.3, 0.4) is 0 Å². The van der Waals surface area contributed by atoms with Gasteiger partial charge in [-0.15, -0.1) is 11.3 Å². The number of hydrogen-bond donors (Lipinski definition) is 2. The lowest BCUT2D eigenvalue weighted by Gasteiger charge is -2.30. The molecule has 0 aliphatic heterocycles. The van der Waals surface area contributed by atoms with Crippen LogP contribution in [0.25, 0.3) is 11.3 Å². The van der Waals surface area contributed by atoms with E-state index in [4.69, 9.17) is 5.73 Å². The summed E-state index contributed by atoms with van der Waals surface area (Å²) in [6, 6.07) is 6.01. The largest absolute Gasteiger partial charge is 0.330 e. The Labute approximate surface area is 145 Å². The number of urea groups is 1. The number of carbonyl (C=O) groups excluding carboxylic acids is 1. The van der Waals surface area contributed by atoms with Crippen molar-refractivity contribution in [3.8, 4) is 11.3 Å². The van der Waals surface area contributed by atoms with Crippen molar-refractivity contribution >= 4 is 22.5 Å². The van der Waals surface area contributed by atoms with Crippen LogP contribution in [-0.2, 0) is 0 Å². The predicted molar refractivity (Wildman–Crippen MR) is 96.6 cm³/mol. The molecule has 0 fully saturated rings. The molecule has 0 bridgehead atoms. The van der Waals surface area contributed by atoms with E-state index in [0.717, 1.165) is 0 Å². The number of rotatable bonds is 6. The highest BCUT2D eigenvalue weighted by molar-refractivity contribution is 7.14. The molecule has 1 aromatic heterocycles. The zero-order valence-corrected chi connectivity index (χ0v) is 15.0. The molecular weight excluding hydrogens is 327 g/mol. The molecule has 0 atom stereocenters. The number of nitrogens with zero attached hydrogens (tertiary/aromatic N) is 2. The second-order valence-electron chi connectivity index (χ2n) is 6.36. The van der Waals surface area contributed by atoms with Crippen molar-refractivity contribution in [2.45, 2.75) is 20.8 Å². The Hall–Kier alpha value is -1.99. The number of aromatic nitrogens is 1. The van der Waals surface area contributed by atoms with Gasteiger partial charge in [0.15, 0.2) is 5.13 Å². The van der Waals surface area contributed by atoms with Crippen LogP contribution in [0.15, 0.2) is 29.6 Å². The SMILES string of the molecule is CCN(CC(C)(C)CN)C(=O)Nc1nc(-c2cccc(F)c2)cs1. The Morgan fingerprint density at radius 2 is 2.21 bits per heavy atom. The van der Waals surface area contributed by atoms with E-state index < -0.39 is 0 Å². The highest BCUT2D eigenvalue weighted by atomic mass is 32.1. The summed E-state index contributed by atoms with van der Waals surface area (Å²) in [6.45, 7) is 7.61. The van der Waals surface area contributed by atoms with Crippen molar-refractivity contribution in [1.29, 1.82) is 0 Å². The summed E-state index contributed by atoms with van der Waals surface area (Å²) < 4.78 is 13.3. The fourth-order valence-corrected chi connectivity index (χ4v) is 2.90. The summed E-state index contributed by atoms with van der Waals surface area (Å²) in [5.41, 5.74) is 6.92. The Balaban J connectivity index is 2.07. The first-order valence-electron chi connectivity index (χ1n) is 7.82. The van der Waals surface area contributed by atoms with Crippen LogP contribution in [0.5, 0.6) is 0 Å². The molecule has 7 heteroatoms. The molecule has 0 aliphatic rings. The molecule has 0 saturated heterocycles. The number of halogens is 1. The minimum atomic E-state index is -0.313. The average molecular weight is 350 g/mol. The van der Waals surface area contributed by atoms with Crippen molar-refractivity contribution in [2.24, 2.45) is 11.1 Å². The molecule has 2 aromatic rings. The van der Waals surface area contributed by atoms with Crippen LogP contribution in [-0.4, -0.2) is 35.5 Å². The molecule has 24 heavy (non-hydrogen) atoms. The molecule has 0 unspecified atom stereocenters. The topological polar surface area (TPSA) is 71.2 Å². The van der Waals surface area contributed by atoms with Gasteiger partial charge in [0.05, 0.1) is 5.69 Å². The highest BCUT2D eigenvalue weighted by Gasteiger charge is 2.23. The Morgan fingerprint density at radius 1 is 1.46 bits per heavy atom. The highest BCUT2D eigenvalue weighted by Crippen LogP contribution is 2.25. The third kappa shape index (κ3) is 4.75. The van der Waals surface area contributed by atoms with Gasteiger partial charge in [0.2, 0.25) is 0 Å². The number of amides is 2. The van der Waals surface area contributed by atoms with Gasteiger partial charge in [-0.05, 0) is 31.0 Å². The van der Waals surface area contributed by atoms with Crippen molar-refractivity contribution in [3.05, 3.63) is 35.5 Å². The van der Waals surface area contributed by atoms with Gasteiger partial charge in [0, 0.05) is 24.0 Å². The number of nitrogens with one attached hydrogen (secondary N) is 1. The molecule has 5 nitrogen and oxygen atoms in total. The standard InChI is InChI=1S/C17H23FN4OS/c1-4-22(11-17(2,3)10-19)16(23)21-15-20-14(9-24-15)12-6-5-7-13(18)8-12/h5-9H,4,10-11,19H2,1-3H3,(H,20,21,23). The minimum Gasteiger partial charge on any atom is -0.330 e. The maximum absolute atomic E-state index is 13.3. The van der Waals surface area contributed by atoms with Crippen LogP contribution in [0.1, 0.15) is 20.8 Å². The Morgan fingerprint density at radius 3 is 2.83 bits per heavy atom. The number of thiazole rings is 1. The number of anilines is 1. The lowest BCUT2D eigenvalue weighted by atomic mass is 9.93. The van der Waals surface area contributed by atoms with Crippen molar-refractivity contribution in [1.82, 2.24) is 9.88 Å². The van der Waals surface area contributed by atoms with E-state index in [1.165, 1.54) is 23.5 Å². The van der Waals surface area contributed by atoms with Crippen molar-refractivity contribution in [3.63, 3.8) is 0 Å². The van der Waals surface area contributed by atoms with Gasteiger partial charge in [-0.2, -0.15) is 0 Å². The monoisotopic (exact) mass is 350 g/mol. The van der Waals surface area contributed by atoms with Crippen LogP contribution in [0.4, 0.5) is 14.3 Å². The molecule has 0 aliphatic carbocycles. The van der Waals surface area contributed by atoms with E-state index in [9.17, 15) is 9.18 Å². The van der Waals surface area contributed by atoms with E-state index >= 15 is 0 Å². The quantitative estimate of drug-likeness (QED) is 0.833. The molecule has 2 amide bonds. The maximum Gasteiger partial charge on any atom is 0.323 e. The second-order valence-corrected chi connectivity index (χ2v) is 7.22. The van der Waals surface area contributed by atoms with Crippen LogP contribution in [0.2, 0.25) is 0 Å². The third-order valence-corrected chi connectivity index (χ3v) is 4.44. The Kier molecular flexibility index (Phi) is 5.90. The van der Waals surface area contributed by atoms with Crippen molar-refractivity contribution < 1.29 is 9.18 Å². The van der Waals surface area contributed by atoms with E-state index in [0.29, 0.717) is 36.0 Å². The molecule has 3 N–H and O–H groups in total. The minimum absolute atomic E-state index is 0.150. The number of carbonyl (C=O) groups is 1. The van der Waals surface area contributed by atoms with Gasteiger partial charge in [0.1, 0.15) is 5.82 Å². The number of benzene rings is 1. The van der Waals surface area contributed by atoms with E-state index in [-0.39, 0.29) is 17.3 Å². The van der Waals surface area contributed by atoms with Gasteiger partial charge in [-0.3, -0.25) is 5.32 Å². The summed E-state index contributed by atoms with van der Waals surface area (Å²) in [5, 5.41) is 5.09. The lowest BCUT2D eigenvalue weighted by molar-refractivity contribution is 0.185. The molecule has 0 spiro atoms. The molecule has 1 heterocycles. The first-order chi connectivity index (χ1) is 11.3. The third-order valence-electron chi connectivity index (χ3n) is 3.68. The number of nitrogens with two attached hydrogens (primary N) is 1. The molecule has 2 rings (SSSR count). The summed E-state index contributed by atoms with van der Waals surface area (Å²) in [4.78, 5) is 18.5. The molecule has 0 saturated carbocycles. The molecule has 1 aromatic carbocycles. The van der Waals surface area contributed by atoms with Crippen LogP contribution in [0, 0.1) is 11.2 Å². The van der Waals surface area contributed by atoms with Gasteiger partial charge < -0.3 is 10.6 Å². The van der Waals surface area contributed by atoms with E-state index in [1.807, 2.05) is 20.8 Å². The summed E-state index contributed by atoms with van der Waals surface area (Å²) >= 11 is 1.31. The van der Waals surface area contributed by atoms with E-state index in [2.05, 4.69) is 10.3 Å². The zero-order chi connectivity index (χ0) is 17.7. The summed E-state index contributed by atoms with van der Waals surface area (Å²) in [7, 11) is 0. The predicted octanol–water partition coefficient (Wildman–Crippen LogP) is 3.79. The zero-order valence-electron chi connectivity index (χ0n) is 14.2. The molecular formula is C17H23FN4OS. The van der Waals surface area contributed by atoms with E-state index in [1.54, 1.807) is 22.4 Å². The van der Waals surface area contributed by atoms with Gasteiger partial charge in [-0.1, -0.05) is 26.0 Å². The normalized spacial score (nSPS) is 11.4. The molecule has 0 radical (unpaired) electrons. The second kappa shape index (κ2) is 7.72. The van der Waals surface area contributed by atoms with Crippen LogP contribution >= 0.6 is 11.3 Å². The van der Waals surface area contributed by atoms with Crippen LogP contribution < -0.4 is 11.1 Å². The molecule has 130 valence electrons. The average Bonchev–Trinajstić information content (AvgIpc) is 3.01. The fraction of sp³-hybridized carbons (Fsp3) is 0.412. The first-order valence-corrected chi connectivity index (χ1v) is 8.70.